The van der Waals surface area contributed by atoms with Crippen molar-refractivity contribution in [1.29, 1.82) is 0 Å². The Hall–Kier alpha value is -3.35. The number of alkyl carbamates (subject to hydrolysis) is 1. The third kappa shape index (κ3) is 6.45. The fourth-order valence-corrected chi connectivity index (χ4v) is 4.45. The normalized spacial score (nSPS) is 17.7. The van der Waals surface area contributed by atoms with Crippen LogP contribution in [0.25, 0.3) is 0 Å². The Morgan fingerprint density at radius 2 is 1.56 bits per heavy atom. The first-order valence-corrected chi connectivity index (χ1v) is 12.5. The molecule has 0 radical (unpaired) electrons. The van der Waals surface area contributed by atoms with E-state index in [9.17, 15) is 14.4 Å². The van der Waals surface area contributed by atoms with Crippen LogP contribution in [-0.2, 0) is 14.3 Å². The van der Waals surface area contributed by atoms with Gasteiger partial charge >= 0.3 is 6.09 Å². The van der Waals surface area contributed by atoms with E-state index < -0.39 is 17.7 Å². The molecule has 0 spiro atoms. The summed E-state index contributed by atoms with van der Waals surface area (Å²) in [6.45, 7) is 15.0. The summed E-state index contributed by atoms with van der Waals surface area (Å²) < 4.78 is 5.30. The van der Waals surface area contributed by atoms with Crippen molar-refractivity contribution in [3.8, 4) is 0 Å². The number of ether oxygens (including phenoxy) is 1. The second kappa shape index (κ2) is 10.7. The highest BCUT2D eigenvalue weighted by atomic mass is 16.6. The van der Waals surface area contributed by atoms with E-state index >= 15 is 0 Å². The minimum atomic E-state index is -0.841. The van der Waals surface area contributed by atoms with Crippen molar-refractivity contribution >= 4 is 23.6 Å². The fraction of sp³-hybridized carbons (Fsp3) is 0.483. The highest BCUT2D eigenvalue weighted by Gasteiger charge is 2.46. The Bertz CT molecular complexity index is 1130. The van der Waals surface area contributed by atoms with Crippen molar-refractivity contribution in [2.24, 2.45) is 5.92 Å². The largest absolute Gasteiger partial charge is 0.444 e. The monoisotopic (exact) mass is 493 g/mol. The molecule has 3 rings (SSSR count). The number of para-hydroxylation sites is 1. The minimum absolute atomic E-state index is 0.0911. The molecule has 1 aliphatic carbocycles. The van der Waals surface area contributed by atoms with Gasteiger partial charge in [0.05, 0.1) is 0 Å². The van der Waals surface area contributed by atoms with E-state index in [-0.39, 0.29) is 30.3 Å². The predicted octanol–water partition coefficient (Wildman–Crippen LogP) is 5.36. The van der Waals surface area contributed by atoms with Crippen molar-refractivity contribution in [2.75, 3.05) is 11.9 Å². The number of aryl methyl sites for hydroxylation is 3. The Morgan fingerprint density at radius 1 is 1.00 bits per heavy atom. The zero-order valence-corrected chi connectivity index (χ0v) is 22.7. The zero-order chi connectivity index (χ0) is 26.8. The number of carbonyl (C=O) groups is 3. The molecule has 2 N–H and O–H groups in total. The molecule has 1 aliphatic rings. The average molecular weight is 494 g/mol. The lowest BCUT2D eigenvalue weighted by molar-refractivity contribution is -0.139. The summed E-state index contributed by atoms with van der Waals surface area (Å²) in [6, 6.07) is 10.7. The van der Waals surface area contributed by atoms with E-state index in [2.05, 4.69) is 17.6 Å². The van der Waals surface area contributed by atoms with Gasteiger partial charge in [0.1, 0.15) is 18.2 Å². The summed E-state index contributed by atoms with van der Waals surface area (Å²) in [7, 11) is 0. The number of nitrogens with one attached hydrogen (secondary N) is 2. The Balaban J connectivity index is 1.98. The Kier molecular flexibility index (Phi) is 8.12. The van der Waals surface area contributed by atoms with Gasteiger partial charge in [-0.05, 0) is 88.6 Å². The quantitative estimate of drug-likeness (QED) is 0.543. The number of rotatable bonds is 7. The third-order valence-corrected chi connectivity index (χ3v) is 6.69. The molecule has 0 aromatic heterocycles. The lowest BCUT2D eigenvalue weighted by Crippen LogP contribution is -2.48. The van der Waals surface area contributed by atoms with Crippen molar-refractivity contribution in [1.82, 2.24) is 10.2 Å². The van der Waals surface area contributed by atoms with Gasteiger partial charge in [0, 0.05) is 11.7 Å². The van der Waals surface area contributed by atoms with Crippen molar-refractivity contribution in [2.45, 2.75) is 79.5 Å². The molecule has 2 aromatic carbocycles. The SMILES string of the molecule is Cc1cccc(C(C(=O)Nc2c(C)cccc2C)N(C(=O)CNC(=O)OC(C)(C)C)C2CC2C)c1C. The standard InChI is InChI=1S/C29H39N3O4/c1-17-11-10-14-22(21(17)5)26(27(34)31-25-18(2)12-9-13-19(25)3)32(23-15-20(23)4)24(33)16-30-28(35)36-29(6,7)8/h9-14,20,23,26H,15-16H2,1-8H3,(H,30,35)(H,31,34). The summed E-state index contributed by atoms with van der Waals surface area (Å²) in [5.74, 6) is -0.334. The molecule has 0 aliphatic heterocycles. The maximum atomic E-state index is 14.0. The van der Waals surface area contributed by atoms with Crippen LogP contribution in [0.1, 0.15) is 68.0 Å². The number of nitrogens with zero attached hydrogens (tertiary/aromatic N) is 1. The smallest absolute Gasteiger partial charge is 0.408 e. The highest BCUT2D eigenvalue weighted by Crippen LogP contribution is 2.41. The molecule has 2 aromatic rings. The van der Waals surface area contributed by atoms with Crippen LogP contribution < -0.4 is 10.6 Å². The van der Waals surface area contributed by atoms with Gasteiger partial charge in [-0.15, -0.1) is 0 Å². The fourth-order valence-electron chi connectivity index (χ4n) is 4.45. The number of amides is 3. The predicted molar refractivity (Wildman–Crippen MR) is 142 cm³/mol. The topological polar surface area (TPSA) is 87.7 Å². The average Bonchev–Trinajstić information content (AvgIpc) is 3.49. The second-order valence-corrected chi connectivity index (χ2v) is 10.9. The number of hydrogen-bond donors (Lipinski definition) is 2. The van der Waals surface area contributed by atoms with E-state index in [1.165, 1.54) is 0 Å². The number of anilines is 1. The first-order chi connectivity index (χ1) is 16.8. The number of carbonyl (C=O) groups excluding carboxylic acids is 3. The van der Waals surface area contributed by atoms with E-state index in [0.717, 1.165) is 39.9 Å². The molecule has 7 heteroatoms. The van der Waals surface area contributed by atoms with Crippen molar-refractivity contribution in [3.05, 3.63) is 64.2 Å². The van der Waals surface area contributed by atoms with E-state index in [1.54, 1.807) is 25.7 Å². The molecule has 0 heterocycles. The number of hydrogen-bond acceptors (Lipinski definition) is 4. The van der Waals surface area contributed by atoms with E-state index in [4.69, 9.17) is 4.74 Å². The molecule has 7 nitrogen and oxygen atoms in total. The van der Waals surface area contributed by atoms with Gasteiger partial charge in [0.2, 0.25) is 5.91 Å². The van der Waals surface area contributed by atoms with Gasteiger partial charge in [0.15, 0.2) is 0 Å². The molecule has 1 fully saturated rings. The van der Waals surface area contributed by atoms with Gasteiger partial charge in [0.25, 0.3) is 5.91 Å². The maximum absolute atomic E-state index is 14.0. The van der Waals surface area contributed by atoms with Crippen LogP contribution in [0.2, 0.25) is 0 Å². The molecule has 1 saturated carbocycles. The van der Waals surface area contributed by atoms with Crippen LogP contribution in [0, 0.1) is 33.6 Å². The first kappa shape index (κ1) is 27.2. The maximum Gasteiger partial charge on any atom is 0.408 e. The summed E-state index contributed by atoms with van der Waals surface area (Å²) in [5.41, 5.74) is 4.76. The van der Waals surface area contributed by atoms with E-state index in [1.807, 2.05) is 64.1 Å². The summed E-state index contributed by atoms with van der Waals surface area (Å²) in [4.78, 5) is 41.5. The molecule has 0 bridgehead atoms. The minimum Gasteiger partial charge on any atom is -0.444 e. The van der Waals surface area contributed by atoms with Gasteiger partial charge in [-0.1, -0.05) is 43.3 Å². The lowest BCUT2D eigenvalue weighted by Gasteiger charge is -2.33. The summed E-state index contributed by atoms with van der Waals surface area (Å²) in [6.07, 6.45) is 0.138. The summed E-state index contributed by atoms with van der Waals surface area (Å²) in [5, 5.41) is 5.68. The lowest BCUT2D eigenvalue weighted by atomic mass is 9.95. The van der Waals surface area contributed by atoms with Crippen LogP contribution in [0.5, 0.6) is 0 Å². The molecule has 0 saturated heterocycles. The van der Waals surface area contributed by atoms with Crippen LogP contribution in [0.4, 0.5) is 10.5 Å². The van der Waals surface area contributed by atoms with E-state index in [0.29, 0.717) is 0 Å². The molecule has 36 heavy (non-hydrogen) atoms. The Morgan fingerprint density at radius 3 is 2.11 bits per heavy atom. The summed E-state index contributed by atoms with van der Waals surface area (Å²) >= 11 is 0. The second-order valence-electron chi connectivity index (χ2n) is 10.9. The van der Waals surface area contributed by atoms with Crippen molar-refractivity contribution in [3.63, 3.8) is 0 Å². The molecule has 194 valence electrons. The van der Waals surface area contributed by atoms with Gasteiger partial charge in [-0.25, -0.2) is 4.79 Å². The van der Waals surface area contributed by atoms with Gasteiger partial charge in [-0.2, -0.15) is 0 Å². The molecule has 3 atom stereocenters. The molecule has 3 unspecified atom stereocenters. The van der Waals surface area contributed by atoms with Crippen LogP contribution in [-0.4, -0.2) is 41.0 Å². The molecule has 3 amide bonds. The van der Waals surface area contributed by atoms with Crippen LogP contribution >= 0.6 is 0 Å². The van der Waals surface area contributed by atoms with Crippen molar-refractivity contribution < 1.29 is 19.1 Å². The zero-order valence-electron chi connectivity index (χ0n) is 22.7. The first-order valence-electron chi connectivity index (χ1n) is 12.5. The van der Waals surface area contributed by atoms with Crippen LogP contribution in [0.15, 0.2) is 36.4 Å². The van der Waals surface area contributed by atoms with Gasteiger partial charge in [-0.3, -0.25) is 9.59 Å². The van der Waals surface area contributed by atoms with Gasteiger partial charge < -0.3 is 20.3 Å². The molecular formula is C29H39N3O4. The molecular weight excluding hydrogens is 454 g/mol. The Labute approximate surface area is 214 Å². The number of benzene rings is 2. The highest BCUT2D eigenvalue weighted by molar-refractivity contribution is 5.99. The third-order valence-electron chi connectivity index (χ3n) is 6.69. The van der Waals surface area contributed by atoms with Crippen LogP contribution in [0.3, 0.4) is 0 Å².